The molecule has 0 saturated carbocycles. The van der Waals surface area contributed by atoms with E-state index in [9.17, 15) is 4.21 Å². The van der Waals surface area contributed by atoms with Crippen LogP contribution in [0.1, 0.15) is 24.3 Å². The molecule has 8 heteroatoms. The highest BCUT2D eigenvalue weighted by molar-refractivity contribution is 7.98. The van der Waals surface area contributed by atoms with Gasteiger partial charge in [-0.1, -0.05) is 36.4 Å². The number of aromatic amines is 1. The summed E-state index contributed by atoms with van der Waals surface area (Å²) in [6, 6.07) is 14.1. The number of likely N-dealkylation sites (tertiary alicyclic amines) is 1. The van der Waals surface area contributed by atoms with Crippen LogP contribution >= 0.6 is 0 Å². The van der Waals surface area contributed by atoms with Crippen molar-refractivity contribution < 1.29 is 8.69 Å². The van der Waals surface area contributed by atoms with Crippen molar-refractivity contribution in [3.63, 3.8) is 0 Å². The van der Waals surface area contributed by atoms with E-state index in [-0.39, 0.29) is 0 Å². The molecule has 1 aliphatic rings. The first kappa shape index (κ1) is 19.8. The van der Waals surface area contributed by atoms with E-state index in [4.69, 9.17) is 5.14 Å². The number of quaternary nitrogens is 1. The van der Waals surface area contributed by atoms with Crippen LogP contribution in [0.15, 0.2) is 47.4 Å². The molecule has 2 aromatic carbocycles. The van der Waals surface area contributed by atoms with E-state index < -0.39 is 9.71 Å². The molecular formula is C21H27N6OS+. The van der Waals surface area contributed by atoms with Crippen molar-refractivity contribution in [2.45, 2.75) is 23.7 Å². The minimum Gasteiger partial charge on any atom is -0.328 e. The molecular weight excluding hydrogens is 384 g/mol. The van der Waals surface area contributed by atoms with E-state index in [1.807, 2.05) is 12.1 Å². The zero-order valence-corrected chi connectivity index (χ0v) is 17.7. The van der Waals surface area contributed by atoms with Crippen LogP contribution in [0.2, 0.25) is 0 Å². The Hall–Kier alpha value is -2.55. The molecule has 0 bridgehead atoms. The molecule has 7 nitrogen and oxygen atoms in total. The van der Waals surface area contributed by atoms with Crippen molar-refractivity contribution in [3.05, 3.63) is 48.0 Å². The van der Waals surface area contributed by atoms with Gasteiger partial charge in [0, 0.05) is 18.4 Å². The zero-order valence-electron chi connectivity index (χ0n) is 16.8. The molecule has 2 heterocycles. The lowest BCUT2D eigenvalue weighted by atomic mass is 9.87. The molecule has 1 atom stereocenters. The van der Waals surface area contributed by atoms with Gasteiger partial charge in [0.2, 0.25) is 5.82 Å². The van der Waals surface area contributed by atoms with Gasteiger partial charge in [0.15, 0.2) is 0 Å². The Kier molecular flexibility index (Phi) is 5.02. The largest absolute Gasteiger partial charge is 0.328 e. The average molecular weight is 412 g/mol. The van der Waals surface area contributed by atoms with Gasteiger partial charge in [-0.2, -0.15) is 5.21 Å². The Morgan fingerprint density at radius 2 is 1.83 bits per heavy atom. The summed E-state index contributed by atoms with van der Waals surface area (Å²) in [6.45, 7) is 2.40. The van der Waals surface area contributed by atoms with Crippen LogP contribution in [0.4, 0.5) is 0 Å². The number of hydrogen-bond donors (Lipinski definition) is 2. The smallest absolute Gasteiger partial charge is 0.206 e. The van der Waals surface area contributed by atoms with Crippen molar-refractivity contribution >= 4 is 15.6 Å². The van der Waals surface area contributed by atoms with Gasteiger partial charge in [-0.3, -0.25) is 5.14 Å². The standard InChI is InChI=1S/C21H27N6OS/c1-27(2)13-11-16(12-14-27)15-7-9-17(10-8-15)18-5-4-6-19(29(3,22)28)20(18)21-23-25-26-24-21/h4-10,16H,3,11-14H2,1-2H3,(H2,22,28)(H,23,24,25,26)/q+1. The van der Waals surface area contributed by atoms with Crippen molar-refractivity contribution in [3.8, 4) is 22.5 Å². The summed E-state index contributed by atoms with van der Waals surface area (Å²) in [6.07, 6.45) is 2.40. The second kappa shape index (κ2) is 7.37. The van der Waals surface area contributed by atoms with Crippen LogP contribution < -0.4 is 5.14 Å². The fourth-order valence-electron chi connectivity index (χ4n) is 4.09. The maximum Gasteiger partial charge on any atom is 0.206 e. The summed E-state index contributed by atoms with van der Waals surface area (Å²) in [5, 5.41) is 20.2. The van der Waals surface area contributed by atoms with Crippen LogP contribution in [0, 0.1) is 0 Å². The minimum absolute atomic E-state index is 0.355. The molecule has 1 aliphatic heterocycles. The lowest BCUT2D eigenvalue weighted by molar-refractivity contribution is -0.895. The molecule has 1 unspecified atom stereocenters. The Morgan fingerprint density at radius 3 is 2.41 bits per heavy atom. The highest BCUT2D eigenvalue weighted by atomic mass is 32.2. The minimum atomic E-state index is -2.95. The van der Waals surface area contributed by atoms with Gasteiger partial charge in [0.05, 0.1) is 41.8 Å². The number of nitrogens with two attached hydrogens (primary N) is 1. The summed E-state index contributed by atoms with van der Waals surface area (Å²) in [5.41, 5.74) is 3.82. The van der Waals surface area contributed by atoms with Crippen LogP contribution in [0.25, 0.3) is 22.5 Å². The maximum atomic E-state index is 12.6. The Labute approximate surface area is 171 Å². The third kappa shape index (κ3) is 4.10. The Balaban J connectivity index is 1.72. The second-order valence-electron chi connectivity index (χ2n) is 8.42. The fourth-order valence-corrected chi connectivity index (χ4v) is 4.95. The molecule has 0 amide bonds. The lowest BCUT2D eigenvalue weighted by Gasteiger charge is -2.37. The van der Waals surface area contributed by atoms with Crippen molar-refractivity contribution in [1.82, 2.24) is 20.6 Å². The molecule has 1 fully saturated rings. The van der Waals surface area contributed by atoms with Crippen molar-refractivity contribution in [2.75, 3.05) is 27.2 Å². The predicted octanol–water partition coefficient (Wildman–Crippen LogP) is 2.44. The van der Waals surface area contributed by atoms with Crippen molar-refractivity contribution in [2.24, 2.45) is 5.14 Å². The summed E-state index contributed by atoms with van der Waals surface area (Å²) >= 11 is 0. The van der Waals surface area contributed by atoms with E-state index in [1.165, 1.54) is 31.5 Å². The normalized spacial score (nSPS) is 19.0. The lowest BCUT2D eigenvalue weighted by Crippen LogP contribution is -2.45. The first-order chi connectivity index (χ1) is 13.7. The molecule has 29 heavy (non-hydrogen) atoms. The van der Waals surface area contributed by atoms with Crippen LogP contribution in [-0.2, 0) is 9.71 Å². The molecule has 0 aliphatic carbocycles. The molecule has 3 N–H and O–H groups in total. The van der Waals surface area contributed by atoms with Crippen LogP contribution in [0.3, 0.4) is 0 Å². The molecule has 1 aromatic heterocycles. The van der Waals surface area contributed by atoms with E-state index >= 15 is 0 Å². The highest BCUT2D eigenvalue weighted by Gasteiger charge is 2.27. The number of aromatic nitrogens is 4. The molecule has 0 spiro atoms. The van der Waals surface area contributed by atoms with E-state index in [1.54, 1.807) is 6.07 Å². The van der Waals surface area contributed by atoms with Gasteiger partial charge in [0.25, 0.3) is 0 Å². The Morgan fingerprint density at radius 1 is 1.14 bits per heavy atom. The first-order valence-electron chi connectivity index (χ1n) is 9.69. The summed E-state index contributed by atoms with van der Waals surface area (Å²) < 4.78 is 13.7. The zero-order chi connectivity index (χ0) is 20.6. The van der Waals surface area contributed by atoms with Gasteiger partial charge >= 0.3 is 0 Å². The van der Waals surface area contributed by atoms with E-state index in [2.05, 4.69) is 64.9 Å². The number of piperidine rings is 1. The number of nitrogens with one attached hydrogen (secondary N) is 1. The first-order valence-corrected chi connectivity index (χ1v) is 11.5. The average Bonchev–Trinajstić information content (AvgIpc) is 3.21. The molecule has 1 saturated heterocycles. The van der Waals surface area contributed by atoms with Gasteiger partial charge in [-0.25, -0.2) is 4.21 Å². The third-order valence-corrected chi connectivity index (χ3v) is 6.91. The van der Waals surface area contributed by atoms with E-state index in [0.717, 1.165) is 15.6 Å². The van der Waals surface area contributed by atoms with Crippen LogP contribution in [0.5, 0.6) is 0 Å². The van der Waals surface area contributed by atoms with Crippen molar-refractivity contribution in [1.29, 1.82) is 0 Å². The number of rotatable bonds is 4. The maximum absolute atomic E-state index is 12.6. The fraction of sp³-hybridized carbons (Fsp3) is 0.333. The molecule has 0 radical (unpaired) electrons. The molecule has 152 valence electrons. The monoisotopic (exact) mass is 411 g/mol. The number of H-pyrrole nitrogens is 1. The summed E-state index contributed by atoms with van der Waals surface area (Å²) in [4.78, 5) is 0.424. The van der Waals surface area contributed by atoms with Gasteiger partial charge in [-0.15, -0.1) is 10.2 Å². The van der Waals surface area contributed by atoms with Gasteiger partial charge in [0.1, 0.15) is 0 Å². The summed E-state index contributed by atoms with van der Waals surface area (Å²) in [7, 11) is 1.64. The van der Waals surface area contributed by atoms with Crippen LogP contribution in [-0.4, -0.2) is 62.4 Å². The molecule has 4 rings (SSSR count). The summed E-state index contributed by atoms with van der Waals surface area (Å²) in [5.74, 6) is 4.60. The second-order valence-corrected chi connectivity index (χ2v) is 10.3. The third-order valence-electron chi connectivity index (χ3n) is 5.83. The quantitative estimate of drug-likeness (QED) is 0.509. The molecule has 3 aromatic rings. The highest BCUT2D eigenvalue weighted by Crippen LogP contribution is 2.36. The Bertz CT molecular complexity index is 1090. The number of hydrogen-bond acceptors (Lipinski definition) is 4. The van der Waals surface area contributed by atoms with Gasteiger partial charge in [-0.05, 0) is 39.8 Å². The number of benzene rings is 2. The number of tetrazole rings is 1. The predicted molar refractivity (Wildman–Crippen MR) is 117 cm³/mol. The van der Waals surface area contributed by atoms with E-state index in [0.29, 0.717) is 22.2 Å². The SMILES string of the molecule is C=S(N)(=O)c1cccc(-c2ccc(C3CC[N+](C)(C)CC3)cc2)c1-c1nn[nH]n1. The van der Waals surface area contributed by atoms with Gasteiger partial charge < -0.3 is 4.48 Å². The number of nitrogens with zero attached hydrogens (tertiary/aromatic N) is 4. The topological polar surface area (TPSA) is 97.5 Å².